The number of rotatable bonds is 8. The van der Waals surface area contributed by atoms with Gasteiger partial charge in [0.05, 0.1) is 28.7 Å². The van der Waals surface area contributed by atoms with Crippen molar-refractivity contribution in [2.45, 2.75) is 38.3 Å². The van der Waals surface area contributed by atoms with Crippen molar-refractivity contribution in [3.63, 3.8) is 0 Å². The van der Waals surface area contributed by atoms with Crippen LogP contribution in [0, 0.1) is 0 Å². The van der Waals surface area contributed by atoms with Crippen LogP contribution in [0.5, 0.6) is 0 Å². The van der Waals surface area contributed by atoms with Gasteiger partial charge < -0.3 is 5.11 Å². The summed E-state index contributed by atoms with van der Waals surface area (Å²) in [7, 11) is 0. The molecular weight excluding hydrogens is 652 g/mol. The normalized spacial score (nSPS) is 14.5. The summed E-state index contributed by atoms with van der Waals surface area (Å²) in [5.41, 5.74) is -0.299. The van der Waals surface area contributed by atoms with Gasteiger partial charge in [0, 0.05) is 16.8 Å². The molecule has 1 aliphatic heterocycles. The van der Waals surface area contributed by atoms with E-state index in [2.05, 4.69) is 20.2 Å². The molecule has 236 valence electrons. The molecule has 0 saturated carbocycles. The minimum absolute atomic E-state index is 0.0583. The molecule has 0 saturated heterocycles. The Bertz CT molecular complexity index is 2010. The third-order valence-electron chi connectivity index (χ3n) is 7.25. The molecule has 0 radical (unpaired) electrons. The van der Waals surface area contributed by atoms with Crippen molar-refractivity contribution in [2.75, 3.05) is 0 Å². The van der Waals surface area contributed by atoms with Gasteiger partial charge in [0.25, 0.3) is 11.8 Å². The standard InChI is InChI=1S/C29H21Cl2F3N8O4/c1-15(41-26(44)18-5-2-3-6-19(18)27(41)45)23-36-22(37-42(23)25-20(31)7-4-12-35-25)14-40-28(46)39(13-21(43)29(32,33)34)24(38-40)16-8-10-17(30)11-9-16/h2-12,15,21,43H,13-14H2,1H3/t15?,21-/m0/s1. The Labute approximate surface area is 267 Å². The van der Waals surface area contributed by atoms with Gasteiger partial charge in [-0.1, -0.05) is 35.3 Å². The van der Waals surface area contributed by atoms with Crippen LogP contribution >= 0.6 is 23.2 Å². The fourth-order valence-corrected chi connectivity index (χ4v) is 5.33. The summed E-state index contributed by atoms with van der Waals surface area (Å²) in [6, 6.07) is 14.3. The number of carbonyl (C=O) groups excluding carboxylic acids is 2. The number of hydrogen-bond acceptors (Lipinski definition) is 8. The van der Waals surface area contributed by atoms with Gasteiger partial charge in [0.1, 0.15) is 6.54 Å². The monoisotopic (exact) mass is 672 g/mol. The topological polar surface area (TPSA) is 141 Å². The zero-order valence-corrected chi connectivity index (χ0v) is 25.1. The molecule has 1 unspecified atom stereocenters. The largest absolute Gasteiger partial charge is 0.416 e. The molecular formula is C29H21Cl2F3N8O4. The number of alkyl halides is 3. The van der Waals surface area contributed by atoms with Crippen LogP contribution in [0.3, 0.4) is 0 Å². The van der Waals surface area contributed by atoms with E-state index in [9.17, 15) is 32.7 Å². The Balaban J connectivity index is 1.43. The van der Waals surface area contributed by atoms with Gasteiger partial charge in [-0.2, -0.15) is 17.9 Å². The third kappa shape index (κ3) is 5.57. The number of aliphatic hydroxyl groups excluding tert-OH is 1. The second-order valence-electron chi connectivity index (χ2n) is 10.2. The molecule has 2 amide bonds. The lowest BCUT2D eigenvalue weighted by atomic mass is 10.1. The minimum Gasteiger partial charge on any atom is -0.382 e. The molecule has 17 heteroatoms. The Kier molecular flexibility index (Phi) is 8.00. The lowest BCUT2D eigenvalue weighted by molar-refractivity contribution is -0.207. The first-order valence-electron chi connectivity index (χ1n) is 13.6. The van der Waals surface area contributed by atoms with Crippen molar-refractivity contribution in [1.82, 2.24) is 39.0 Å². The highest BCUT2D eigenvalue weighted by Crippen LogP contribution is 2.32. The fourth-order valence-electron chi connectivity index (χ4n) is 5.00. The van der Waals surface area contributed by atoms with Crippen LogP contribution < -0.4 is 5.69 Å². The average molecular weight is 673 g/mol. The molecule has 1 N–H and O–H groups in total. The maximum atomic E-state index is 13.4. The number of aromatic nitrogens is 7. The predicted molar refractivity (Wildman–Crippen MR) is 158 cm³/mol. The first kappa shape index (κ1) is 31.1. The van der Waals surface area contributed by atoms with Gasteiger partial charge in [-0.15, -0.1) is 10.2 Å². The SMILES string of the molecule is CC(c1nc(Cn2nc(-c3ccc(Cl)cc3)n(C[C@H](O)C(F)(F)F)c2=O)nn1-c1ncccc1Cl)N1C(=O)c2ccccc2C1=O. The van der Waals surface area contributed by atoms with E-state index in [0.29, 0.717) is 9.59 Å². The summed E-state index contributed by atoms with van der Waals surface area (Å²) >= 11 is 12.4. The molecule has 0 aliphatic carbocycles. The highest BCUT2D eigenvalue weighted by atomic mass is 35.5. The van der Waals surface area contributed by atoms with E-state index < -0.39 is 48.9 Å². The maximum absolute atomic E-state index is 13.4. The van der Waals surface area contributed by atoms with Crippen LogP contribution in [0.4, 0.5) is 13.2 Å². The second-order valence-corrected chi connectivity index (χ2v) is 11.1. The van der Waals surface area contributed by atoms with E-state index >= 15 is 0 Å². The highest BCUT2D eigenvalue weighted by Gasteiger charge is 2.41. The number of hydrogen-bond donors (Lipinski definition) is 1. The molecule has 0 spiro atoms. The maximum Gasteiger partial charge on any atom is 0.416 e. The molecule has 12 nitrogen and oxygen atoms in total. The molecule has 46 heavy (non-hydrogen) atoms. The van der Waals surface area contributed by atoms with E-state index in [4.69, 9.17) is 23.2 Å². The van der Waals surface area contributed by atoms with Gasteiger partial charge in [0.2, 0.25) is 0 Å². The number of fused-ring (bicyclic) bond motifs is 1. The zero-order valence-electron chi connectivity index (χ0n) is 23.6. The summed E-state index contributed by atoms with van der Waals surface area (Å²) in [5, 5.41) is 19.0. The highest BCUT2D eigenvalue weighted by molar-refractivity contribution is 6.32. The third-order valence-corrected chi connectivity index (χ3v) is 7.80. The molecule has 0 bridgehead atoms. The lowest BCUT2D eigenvalue weighted by Gasteiger charge is -2.22. The molecule has 5 aromatic rings. The van der Waals surface area contributed by atoms with Crippen LogP contribution in [0.15, 0.2) is 71.7 Å². The number of nitrogens with zero attached hydrogens (tertiary/aromatic N) is 8. The second kappa shape index (κ2) is 11.8. The van der Waals surface area contributed by atoms with Crippen molar-refractivity contribution in [2.24, 2.45) is 0 Å². The smallest absolute Gasteiger partial charge is 0.382 e. The van der Waals surface area contributed by atoms with E-state index in [1.54, 1.807) is 25.1 Å². The van der Waals surface area contributed by atoms with E-state index in [1.165, 1.54) is 53.3 Å². The van der Waals surface area contributed by atoms with Crippen molar-refractivity contribution >= 4 is 35.0 Å². The summed E-state index contributed by atoms with van der Waals surface area (Å²) in [4.78, 5) is 49.8. The van der Waals surface area contributed by atoms with Gasteiger partial charge in [-0.3, -0.25) is 19.1 Å². The zero-order chi connectivity index (χ0) is 32.9. The van der Waals surface area contributed by atoms with Gasteiger partial charge in [-0.25, -0.2) is 19.4 Å². The van der Waals surface area contributed by atoms with E-state index in [-0.39, 0.29) is 45.0 Å². The summed E-state index contributed by atoms with van der Waals surface area (Å²) < 4.78 is 42.6. The Morgan fingerprint density at radius 1 is 0.913 bits per heavy atom. The van der Waals surface area contributed by atoms with Gasteiger partial charge >= 0.3 is 11.9 Å². The Hall–Kier alpha value is -4.86. The van der Waals surface area contributed by atoms with Crippen molar-refractivity contribution in [3.05, 3.63) is 110 Å². The summed E-state index contributed by atoms with van der Waals surface area (Å²) in [5.74, 6) is -1.18. The number of carbonyl (C=O) groups is 2. The van der Waals surface area contributed by atoms with Crippen molar-refractivity contribution < 1.29 is 27.9 Å². The van der Waals surface area contributed by atoms with E-state index in [0.717, 1.165) is 9.58 Å². The number of benzene rings is 2. The predicted octanol–water partition coefficient (Wildman–Crippen LogP) is 4.32. The van der Waals surface area contributed by atoms with Crippen molar-refractivity contribution in [3.8, 4) is 17.2 Å². The van der Waals surface area contributed by atoms with Crippen LogP contribution in [-0.2, 0) is 13.1 Å². The molecule has 3 aromatic heterocycles. The fraction of sp³-hybridized carbons (Fsp3) is 0.207. The van der Waals surface area contributed by atoms with Crippen LogP contribution in [0.25, 0.3) is 17.2 Å². The van der Waals surface area contributed by atoms with Crippen molar-refractivity contribution in [1.29, 1.82) is 0 Å². The first-order valence-corrected chi connectivity index (χ1v) is 14.3. The molecule has 1 aliphatic rings. The minimum atomic E-state index is -5.00. The Morgan fingerprint density at radius 3 is 2.17 bits per heavy atom. The quantitative estimate of drug-likeness (QED) is 0.240. The van der Waals surface area contributed by atoms with Crippen LogP contribution in [0.1, 0.15) is 45.3 Å². The summed E-state index contributed by atoms with van der Waals surface area (Å²) in [6.45, 7) is -0.0254. The Morgan fingerprint density at radius 2 is 1.57 bits per heavy atom. The molecule has 0 fully saturated rings. The number of amides is 2. The molecule has 4 heterocycles. The average Bonchev–Trinajstić information content (AvgIpc) is 3.65. The first-order chi connectivity index (χ1) is 21.8. The lowest BCUT2D eigenvalue weighted by Crippen LogP contribution is -2.37. The number of aliphatic hydroxyl groups is 1. The van der Waals surface area contributed by atoms with E-state index in [1.807, 2.05) is 0 Å². The number of pyridine rings is 1. The van der Waals surface area contributed by atoms with Gasteiger partial charge in [0.15, 0.2) is 29.4 Å². The van der Waals surface area contributed by atoms with Gasteiger partial charge in [-0.05, 0) is 55.5 Å². The van der Waals surface area contributed by atoms with Crippen LogP contribution in [0.2, 0.25) is 10.0 Å². The number of halogens is 5. The summed E-state index contributed by atoms with van der Waals surface area (Å²) in [6.07, 6.45) is -6.42. The molecule has 2 atom stereocenters. The molecule has 2 aromatic carbocycles. The number of imide groups is 1. The molecule has 6 rings (SSSR count). The van der Waals surface area contributed by atoms with Crippen LogP contribution in [-0.4, -0.2) is 68.2 Å².